The molecule has 0 aliphatic carbocycles. The van der Waals surface area contributed by atoms with Crippen LogP contribution in [0.1, 0.15) is 28.4 Å². The van der Waals surface area contributed by atoms with E-state index in [-0.39, 0.29) is 43.6 Å². The molecule has 0 N–H and O–H groups in total. The van der Waals surface area contributed by atoms with Crippen LogP contribution in [0, 0.1) is 13.8 Å². The van der Waals surface area contributed by atoms with E-state index in [1.54, 1.807) is 24.0 Å². The van der Waals surface area contributed by atoms with Crippen molar-refractivity contribution in [3.8, 4) is 0 Å². The molecule has 12 heteroatoms. The minimum absolute atomic E-state index is 0.106. The van der Waals surface area contributed by atoms with E-state index in [9.17, 15) is 18.0 Å². The molecular weight excluding hydrogens is 538 g/mol. The first kappa shape index (κ1) is 28.9. The molecule has 10 nitrogen and oxygen atoms in total. The number of hydrogen-bond acceptors (Lipinski definition) is 8. The van der Waals surface area contributed by atoms with E-state index in [1.807, 2.05) is 38.9 Å². The zero-order chi connectivity index (χ0) is 28.3. The van der Waals surface area contributed by atoms with Crippen molar-refractivity contribution in [1.29, 1.82) is 0 Å². The Hall–Kier alpha value is -3.06. The molecule has 2 amide bonds. The number of anilines is 1. The molecule has 1 fully saturated rings. The van der Waals surface area contributed by atoms with Gasteiger partial charge in [0.05, 0.1) is 21.7 Å². The lowest BCUT2D eigenvalue weighted by atomic mass is 10.1. The molecule has 2 aromatic carbocycles. The standard InChI is InChI=1S/C27H35N5O5S2/c1-6-37-27(34)30-12-14-31(15-13-30)39(35,36)22-9-7-21(8-10-22)25(33)32(16-11-29(4)5)26-28-23-18-19(2)17-20(3)24(23)38-26/h7-10,17-18H,6,11-16H2,1-5H3. The quantitative estimate of drug-likeness (QED) is 0.406. The predicted molar refractivity (Wildman–Crippen MR) is 153 cm³/mol. The molecule has 0 atom stereocenters. The van der Waals surface area contributed by atoms with Crippen LogP contribution < -0.4 is 4.90 Å². The number of fused-ring (bicyclic) bond motifs is 1. The van der Waals surface area contributed by atoms with E-state index in [2.05, 4.69) is 6.07 Å². The largest absolute Gasteiger partial charge is 0.450 e. The summed E-state index contributed by atoms with van der Waals surface area (Å²) in [6.45, 7) is 8.02. The lowest BCUT2D eigenvalue weighted by Crippen LogP contribution is -2.50. The summed E-state index contributed by atoms with van der Waals surface area (Å²) in [4.78, 5) is 35.7. The molecular formula is C27H35N5O5S2. The normalized spacial score (nSPS) is 14.7. The van der Waals surface area contributed by atoms with Crippen molar-refractivity contribution < 1.29 is 22.7 Å². The molecule has 2 heterocycles. The van der Waals surface area contributed by atoms with Crippen LogP contribution in [0.3, 0.4) is 0 Å². The van der Waals surface area contributed by atoms with E-state index in [0.717, 1.165) is 21.3 Å². The summed E-state index contributed by atoms with van der Waals surface area (Å²) < 4.78 is 33.9. The van der Waals surface area contributed by atoms with E-state index in [0.29, 0.717) is 23.8 Å². The number of thiazole rings is 1. The molecule has 1 aromatic heterocycles. The third-order valence-electron chi connectivity index (χ3n) is 6.56. The van der Waals surface area contributed by atoms with E-state index in [4.69, 9.17) is 9.72 Å². The van der Waals surface area contributed by atoms with Gasteiger partial charge in [-0.1, -0.05) is 17.4 Å². The molecule has 0 saturated carbocycles. The van der Waals surface area contributed by atoms with Gasteiger partial charge in [0.1, 0.15) is 0 Å². The number of aromatic nitrogens is 1. The Balaban J connectivity index is 1.54. The van der Waals surface area contributed by atoms with Gasteiger partial charge >= 0.3 is 6.09 Å². The summed E-state index contributed by atoms with van der Waals surface area (Å²) >= 11 is 1.48. The molecule has 1 aliphatic rings. The number of likely N-dealkylation sites (N-methyl/N-ethyl adjacent to an activating group) is 1. The molecule has 0 spiro atoms. The summed E-state index contributed by atoms with van der Waals surface area (Å²) in [6.07, 6.45) is -0.436. The number of benzene rings is 2. The average molecular weight is 574 g/mol. The molecule has 0 unspecified atom stereocenters. The van der Waals surface area contributed by atoms with Gasteiger partial charge in [-0.15, -0.1) is 0 Å². The fourth-order valence-corrected chi connectivity index (χ4v) is 6.93. The SMILES string of the molecule is CCOC(=O)N1CCN(S(=O)(=O)c2ccc(C(=O)N(CCN(C)C)c3nc4cc(C)cc(C)c4s3)cc2)CC1. The van der Waals surface area contributed by atoms with Crippen molar-refractivity contribution in [3.05, 3.63) is 53.1 Å². The molecule has 3 aromatic rings. The van der Waals surface area contributed by atoms with Gasteiger partial charge in [-0.2, -0.15) is 4.31 Å². The van der Waals surface area contributed by atoms with Gasteiger partial charge in [0.25, 0.3) is 5.91 Å². The second-order valence-corrected chi connectivity index (χ2v) is 12.7. The van der Waals surface area contributed by atoms with Crippen molar-refractivity contribution >= 4 is 48.7 Å². The minimum atomic E-state index is -3.77. The maximum atomic E-state index is 13.7. The lowest BCUT2D eigenvalue weighted by molar-refractivity contribution is 0.0933. The summed E-state index contributed by atoms with van der Waals surface area (Å²) in [5.41, 5.74) is 3.47. The Morgan fingerprint density at radius 3 is 2.31 bits per heavy atom. The number of aryl methyl sites for hydroxylation is 2. The average Bonchev–Trinajstić information content (AvgIpc) is 3.33. The summed E-state index contributed by atoms with van der Waals surface area (Å²) in [6, 6.07) is 10.2. The van der Waals surface area contributed by atoms with E-state index < -0.39 is 16.1 Å². The predicted octanol–water partition coefficient (Wildman–Crippen LogP) is 3.58. The number of ether oxygens (including phenoxy) is 1. The lowest BCUT2D eigenvalue weighted by Gasteiger charge is -2.33. The van der Waals surface area contributed by atoms with Gasteiger partial charge in [0.2, 0.25) is 10.0 Å². The third-order valence-corrected chi connectivity index (χ3v) is 9.70. The zero-order valence-corrected chi connectivity index (χ0v) is 24.6. The fraction of sp³-hybridized carbons (Fsp3) is 0.444. The Kier molecular flexibility index (Phi) is 8.90. The monoisotopic (exact) mass is 573 g/mol. The van der Waals surface area contributed by atoms with E-state index in [1.165, 1.54) is 32.7 Å². The van der Waals surface area contributed by atoms with Crippen LogP contribution in [0.25, 0.3) is 10.2 Å². The smallest absolute Gasteiger partial charge is 0.409 e. The number of piperazine rings is 1. The highest BCUT2D eigenvalue weighted by Crippen LogP contribution is 2.33. The van der Waals surface area contributed by atoms with Crippen LogP contribution in [-0.4, -0.2) is 99.5 Å². The molecule has 1 saturated heterocycles. The summed E-state index contributed by atoms with van der Waals surface area (Å²) in [7, 11) is 0.117. The Morgan fingerprint density at radius 1 is 1.03 bits per heavy atom. The van der Waals surface area contributed by atoms with Crippen molar-refractivity contribution in [2.45, 2.75) is 25.7 Å². The Morgan fingerprint density at radius 2 is 1.69 bits per heavy atom. The number of amides is 2. The fourth-order valence-electron chi connectivity index (χ4n) is 4.46. The molecule has 1 aliphatic heterocycles. The number of rotatable bonds is 8. The van der Waals surface area contributed by atoms with Gasteiger partial charge < -0.3 is 14.5 Å². The van der Waals surface area contributed by atoms with Crippen molar-refractivity contribution in [2.24, 2.45) is 0 Å². The van der Waals surface area contributed by atoms with Crippen LogP contribution in [-0.2, 0) is 14.8 Å². The van der Waals surface area contributed by atoms with Crippen molar-refractivity contribution in [1.82, 2.24) is 19.1 Å². The maximum Gasteiger partial charge on any atom is 0.409 e. The summed E-state index contributed by atoms with van der Waals surface area (Å²) in [5, 5.41) is 0.613. The van der Waals surface area contributed by atoms with Crippen LogP contribution in [0.5, 0.6) is 0 Å². The molecule has 0 radical (unpaired) electrons. The van der Waals surface area contributed by atoms with Crippen LogP contribution in [0.2, 0.25) is 0 Å². The van der Waals surface area contributed by atoms with Gasteiger partial charge in [-0.3, -0.25) is 9.69 Å². The zero-order valence-electron chi connectivity index (χ0n) is 23.0. The highest BCUT2D eigenvalue weighted by atomic mass is 32.2. The number of hydrogen-bond donors (Lipinski definition) is 0. The third kappa shape index (κ3) is 6.40. The van der Waals surface area contributed by atoms with Crippen LogP contribution in [0.4, 0.5) is 9.93 Å². The van der Waals surface area contributed by atoms with Crippen LogP contribution >= 0.6 is 11.3 Å². The minimum Gasteiger partial charge on any atom is -0.450 e. The van der Waals surface area contributed by atoms with Gasteiger partial charge in [-0.05, 0) is 76.3 Å². The number of carbonyl (C=O) groups excluding carboxylic acids is 2. The van der Waals surface area contributed by atoms with Gasteiger partial charge in [-0.25, -0.2) is 18.2 Å². The Bertz CT molecular complexity index is 1450. The first-order valence-corrected chi connectivity index (χ1v) is 15.1. The molecule has 210 valence electrons. The molecule has 39 heavy (non-hydrogen) atoms. The van der Waals surface area contributed by atoms with Gasteiger partial charge in [0.15, 0.2) is 5.13 Å². The first-order valence-electron chi connectivity index (χ1n) is 12.9. The first-order chi connectivity index (χ1) is 18.5. The topological polar surface area (TPSA) is 103 Å². The summed E-state index contributed by atoms with van der Waals surface area (Å²) in [5.74, 6) is -0.239. The second kappa shape index (κ2) is 12.0. The highest BCUT2D eigenvalue weighted by molar-refractivity contribution is 7.89. The molecule has 4 rings (SSSR count). The van der Waals surface area contributed by atoms with Crippen molar-refractivity contribution in [3.63, 3.8) is 0 Å². The second-order valence-electron chi connectivity index (χ2n) is 9.80. The molecule has 0 bridgehead atoms. The maximum absolute atomic E-state index is 13.7. The van der Waals surface area contributed by atoms with Crippen molar-refractivity contribution in [2.75, 3.05) is 64.9 Å². The number of carbonyl (C=O) groups is 2. The van der Waals surface area contributed by atoms with Gasteiger partial charge in [0, 0.05) is 44.8 Å². The Labute approximate surface area is 233 Å². The van der Waals surface area contributed by atoms with E-state index >= 15 is 0 Å². The number of nitrogens with zero attached hydrogens (tertiary/aromatic N) is 5. The van der Waals surface area contributed by atoms with Crippen LogP contribution in [0.15, 0.2) is 41.3 Å². The number of sulfonamides is 1. The highest BCUT2D eigenvalue weighted by Gasteiger charge is 2.31.